The van der Waals surface area contributed by atoms with E-state index in [0.717, 1.165) is 28.5 Å². The second kappa shape index (κ2) is 11.3. The van der Waals surface area contributed by atoms with Crippen LogP contribution in [0.2, 0.25) is 15.1 Å². The Hall–Kier alpha value is -1.12. The maximum Gasteiger partial charge on any atom is 0.240 e. The number of benzene rings is 2. The number of nitrogens with zero attached hydrogens (tertiary/aromatic N) is 1. The monoisotopic (exact) mass is 494 g/mol. The van der Waals surface area contributed by atoms with Crippen LogP contribution in [-0.2, 0) is 20.6 Å². The van der Waals surface area contributed by atoms with E-state index in [1.54, 1.807) is 17.8 Å². The molecule has 0 unspecified atom stereocenters. The number of carbonyl (C=O) groups excluding carboxylic acids is 1. The predicted molar refractivity (Wildman–Crippen MR) is 124 cm³/mol. The number of carbonyl (C=O) groups is 1. The Morgan fingerprint density at radius 2 is 1.72 bits per heavy atom. The first kappa shape index (κ1) is 24.2. The summed E-state index contributed by atoms with van der Waals surface area (Å²) in [7, 11) is -3.71. The zero-order chi connectivity index (χ0) is 21.4. The minimum absolute atomic E-state index is 0.176. The zero-order valence-electron chi connectivity index (χ0n) is 15.7. The predicted octanol–water partition coefficient (Wildman–Crippen LogP) is 4.85. The van der Waals surface area contributed by atoms with Crippen molar-refractivity contribution in [2.24, 2.45) is 0 Å². The third-order valence-corrected chi connectivity index (χ3v) is 6.88. The van der Waals surface area contributed by atoms with Crippen molar-refractivity contribution in [3.8, 4) is 0 Å². The molecule has 0 saturated heterocycles. The van der Waals surface area contributed by atoms with Gasteiger partial charge in [-0.05, 0) is 48.1 Å². The summed E-state index contributed by atoms with van der Waals surface area (Å²) in [5.41, 5.74) is 1.36. The van der Waals surface area contributed by atoms with Crippen molar-refractivity contribution in [1.82, 2.24) is 5.32 Å². The number of amides is 1. The lowest BCUT2D eigenvalue weighted by atomic mass is 10.2. The average molecular weight is 496 g/mol. The van der Waals surface area contributed by atoms with Gasteiger partial charge in [-0.3, -0.25) is 9.10 Å². The van der Waals surface area contributed by atoms with Gasteiger partial charge in [-0.2, -0.15) is 11.8 Å². The van der Waals surface area contributed by atoms with Crippen LogP contribution in [0.5, 0.6) is 0 Å². The van der Waals surface area contributed by atoms with Crippen molar-refractivity contribution < 1.29 is 13.2 Å². The van der Waals surface area contributed by atoms with E-state index >= 15 is 0 Å². The Kier molecular flexibility index (Phi) is 9.43. The molecule has 0 atom stereocenters. The molecule has 0 aliphatic rings. The molecule has 0 aliphatic carbocycles. The van der Waals surface area contributed by atoms with Crippen molar-refractivity contribution in [3.05, 3.63) is 63.1 Å². The highest BCUT2D eigenvalue weighted by Crippen LogP contribution is 2.30. The number of hydrogen-bond donors (Lipinski definition) is 1. The van der Waals surface area contributed by atoms with Crippen molar-refractivity contribution >= 4 is 68.2 Å². The number of anilines is 1. The minimum Gasteiger partial charge on any atom is -0.354 e. The molecule has 0 aromatic heterocycles. The fourth-order valence-electron chi connectivity index (χ4n) is 2.42. The smallest absolute Gasteiger partial charge is 0.240 e. The third-order valence-electron chi connectivity index (χ3n) is 3.83. The minimum atomic E-state index is -3.71. The topological polar surface area (TPSA) is 66.5 Å². The van der Waals surface area contributed by atoms with E-state index in [1.165, 1.54) is 17.7 Å². The van der Waals surface area contributed by atoms with E-state index in [9.17, 15) is 13.2 Å². The summed E-state index contributed by atoms with van der Waals surface area (Å²) in [6, 6.07) is 12.2. The molecule has 158 valence electrons. The fourth-order valence-corrected chi connectivity index (χ4v) is 4.76. The SMILES string of the molecule is CS(=O)(=O)N(CC(=O)NCCCSCc1ccc(Cl)cc1)c1cc(Cl)ccc1Cl. The highest BCUT2D eigenvalue weighted by atomic mass is 35.5. The number of sulfonamides is 1. The highest BCUT2D eigenvalue weighted by Gasteiger charge is 2.23. The Labute approximate surface area is 190 Å². The van der Waals surface area contributed by atoms with Crippen molar-refractivity contribution in [2.75, 3.05) is 29.4 Å². The molecule has 0 heterocycles. The van der Waals surface area contributed by atoms with Gasteiger partial charge in [-0.15, -0.1) is 0 Å². The third kappa shape index (κ3) is 8.26. The van der Waals surface area contributed by atoms with Crippen LogP contribution >= 0.6 is 46.6 Å². The Morgan fingerprint density at radius 3 is 2.38 bits per heavy atom. The molecular formula is C19H21Cl3N2O3S2. The lowest BCUT2D eigenvalue weighted by Gasteiger charge is -2.23. The molecule has 2 aromatic rings. The summed E-state index contributed by atoms with van der Waals surface area (Å²) < 4.78 is 25.2. The second-order valence-corrected chi connectivity index (χ2v) is 10.5. The number of thioether (sulfide) groups is 1. The largest absolute Gasteiger partial charge is 0.354 e. The second-order valence-electron chi connectivity index (χ2n) is 6.25. The molecular weight excluding hydrogens is 475 g/mol. The first-order chi connectivity index (χ1) is 13.7. The molecule has 0 fully saturated rings. The normalized spacial score (nSPS) is 11.3. The lowest BCUT2D eigenvalue weighted by molar-refractivity contribution is -0.119. The summed E-state index contributed by atoms with van der Waals surface area (Å²) in [4.78, 5) is 12.2. The molecule has 2 aromatic carbocycles. The molecule has 0 aliphatic heterocycles. The molecule has 10 heteroatoms. The van der Waals surface area contributed by atoms with Gasteiger partial charge in [0.2, 0.25) is 15.9 Å². The van der Waals surface area contributed by atoms with Gasteiger partial charge in [-0.1, -0.05) is 46.9 Å². The number of hydrogen-bond acceptors (Lipinski definition) is 4. The quantitative estimate of drug-likeness (QED) is 0.478. The van der Waals surface area contributed by atoms with E-state index in [2.05, 4.69) is 5.32 Å². The van der Waals surface area contributed by atoms with Gasteiger partial charge >= 0.3 is 0 Å². The van der Waals surface area contributed by atoms with Gasteiger partial charge in [0.15, 0.2) is 0 Å². The van der Waals surface area contributed by atoms with Crippen LogP contribution in [0.4, 0.5) is 5.69 Å². The number of nitrogens with one attached hydrogen (secondary N) is 1. The molecule has 1 amide bonds. The Bertz CT molecular complexity index is 938. The maximum atomic E-state index is 12.2. The van der Waals surface area contributed by atoms with Gasteiger partial charge < -0.3 is 5.32 Å². The van der Waals surface area contributed by atoms with Crippen molar-refractivity contribution in [2.45, 2.75) is 12.2 Å². The van der Waals surface area contributed by atoms with Crippen molar-refractivity contribution in [3.63, 3.8) is 0 Å². The van der Waals surface area contributed by atoms with E-state index in [-0.39, 0.29) is 17.3 Å². The number of halogens is 3. The summed E-state index contributed by atoms with van der Waals surface area (Å²) in [5, 5.41) is 3.99. The van der Waals surface area contributed by atoms with Crippen LogP contribution in [0.3, 0.4) is 0 Å². The van der Waals surface area contributed by atoms with E-state index in [4.69, 9.17) is 34.8 Å². The standard InChI is InChI=1S/C19H21Cl3N2O3S2/c1-29(26,27)24(18-11-16(21)7-8-17(18)22)12-19(25)23-9-2-10-28-13-14-3-5-15(20)6-4-14/h3-8,11H,2,9-10,12-13H2,1H3,(H,23,25). The van der Waals surface area contributed by atoms with Crippen LogP contribution < -0.4 is 9.62 Å². The molecule has 0 bridgehead atoms. The molecule has 5 nitrogen and oxygen atoms in total. The first-order valence-electron chi connectivity index (χ1n) is 8.68. The summed E-state index contributed by atoms with van der Waals surface area (Å²) in [6.07, 6.45) is 1.78. The zero-order valence-corrected chi connectivity index (χ0v) is 19.6. The number of rotatable bonds is 10. The van der Waals surface area contributed by atoms with Crippen molar-refractivity contribution in [1.29, 1.82) is 0 Å². The molecule has 0 spiro atoms. The van der Waals surface area contributed by atoms with Gasteiger partial charge in [0.25, 0.3) is 0 Å². The maximum absolute atomic E-state index is 12.2. The van der Waals surface area contributed by atoms with Gasteiger partial charge in [0, 0.05) is 22.3 Å². The van der Waals surface area contributed by atoms with Crippen LogP contribution in [-0.4, -0.2) is 39.4 Å². The van der Waals surface area contributed by atoms with Gasteiger partial charge in [0.05, 0.1) is 17.0 Å². The van der Waals surface area contributed by atoms with Crippen LogP contribution in [0.15, 0.2) is 42.5 Å². The summed E-state index contributed by atoms with van der Waals surface area (Å²) >= 11 is 19.6. The Morgan fingerprint density at radius 1 is 1.07 bits per heavy atom. The molecule has 29 heavy (non-hydrogen) atoms. The van der Waals surface area contributed by atoms with Gasteiger partial charge in [-0.25, -0.2) is 8.42 Å². The van der Waals surface area contributed by atoms with Gasteiger partial charge in [0.1, 0.15) is 6.54 Å². The summed E-state index contributed by atoms with van der Waals surface area (Å²) in [6.45, 7) is 0.0874. The average Bonchev–Trinajstić information content (AvgIpc) is 2.65. The van der Waals surface area contributed by atoms with E-state index in [1.807, 2.05) is 24.3 Å². The summed E-state index contributed by atoms with van der Waals surface area (Å²) in [5.74, 6) is 1.31. The molecule has 0 radical (unpaired) electrons. The lowest BCUT2D eigenvalue weighted by Crippen LogP contribution is -2.40. The molecule has 0 saturated carbocycles. The molecule has 1 N–H and O–H groups in total. The van der Waals surface area contributed by atoms with E-state index < -0.39 is 15.9 Å². The first-order valence-corrected chi connectivity index (χ1v) is 12.8. The molecule has 2 rings (SSSR count). The fraction of sp³-hybridized carbons (Fsp3) is 0.316. The Balaban J connectivity index is 1.80. The van der Waals surface area contributed by atoms with Crippen LogP contribution in [0.25, 0.3) is 0 Å². The van der Waals surface area contributed by atoms with Crippen LogP contribution in [0, 0.1) is 0 Å². The van der Waals surface area contributed by atoms with E-state index in [0.29, 0.717) is 16.6 Å². The van der Waals surface area contributed by atoms with Crippen LogP contribution in [0.1, 0.15) is 12.0 Å². The highest BCUT2D eigenvalue weighted by molar-refractivity contribution is 7.98.